The lowest BCUT2D eigenvalue weighted by molar-refractivity contribution is 0.132. The highest BCUT2D eigenvalue weighted by atomic mass is 16.5. The zero-order chi connectivity index (χ0) is 15.1. The van der Waals surface area contributed by atoms with Gasteiger partial charge in [-0.1, -0.05) is 19.9 Å². The Hall–Kier alpha value is -1.26. The SMILES string of the molecule is CCCOc1ccc(CN2CCN(CC)CC2)cc1OC. The van der Waals surface area contributed by atoms with E-state index in [-0.39, 0.29) is 0 Å². The summed E-state index contributed by atoms with van der Waals surface area (Å²) in [5.41, 5.74) is 1.29. The van der Waals surface area contributed by atoms with Crippen LogP contribution in [0, 0.1) is 0 Å². The van der Waals surface area contributed by atoms with Gasteiger partial charge < -0.3 is 14.4 Å². The third-order valence-corrected chi connectivity index (χ3v) is 4.01. The van der Waals surface area contributed by atoms with Crippen LogP contribution in [0.3, 0.4) is 0 Å². The third kappa shape index (κ3) is 4.61. The van der Waals surface area contributed by atoms with Crippen molar-refractivity contribution in [2.24, 2.45) is 0 Å². The highest BCUT2D eigenvalue weighted by molar-refractivity contribution is 5.43. The van der Waals surface area contributed by atoms with Crippen molar-refractivity contribution < 1.29 is 9.47 Å². The van der Waals surface area contributed by atoms with E-state index in [0.29, 0.717) is 0 Å². The van der Waals surface area contributed by atoms with Crippen molar-refractivity contribution in [3.8, 4) is 11.5 Å². The molecule has 0 aliphatic carbocycles. The molecule has 0 radical (unpaired) electrons. The van der Waals surface area contributed by atoms with Gasteiger partial charge in [0.25, 0.3) is 0 Å². The number of hydrogen-bond donors (Lipinski definition) is 0. The summed E-state index contributed by atoms with van der Waals surface area (Å²) in [6, 6.07) is 6.29. The van der Waals surface area contributed by atoms with Crippen LogP contribution in [0.15, 0.2) is 18.2 Å². The van der Waals surface area contributed by atoms with Crippen LogP contribution in [-0.4, -0.2) is 56.2 Å². The van der Waals surface area contributed by atoms with E-state index in [2.05, 4.69) is 35.8 Å². The number of ether oxygens (including phenoxy) is 2. The summed E-state index contributed by atoms with van der Waals surface area (Å²) in [6.45, 7) is 11.8. The van der Waals surface area contributed by atoms with Crippen LogP contribution in [0.5, 0.6) is 11.5 Å². The van der Waals surface area contributed by atoms with Gasteiger partial charge in [-0.25, -0.2) is 0 Å². The first-order valence-corrected chi connectivity index (χ1v) is 8.01. The molecule has 0 N–H and O–H groups in total. The third-order valence-electron chi connectivity index (χ3n) is 4.01. The molecule has 1 aromatic carbocycles. The Morgan fingerprint density at radius 2 is 1.71 bits per heavy atom. The molecule has 4 nitrogen and oxygen atoms in total. The maximum atomic E-state index is 5.71. The Kier molecular flexibility index (Phi) is 6.33. The highest BCUT2D eigenvalue weighted by Gasteiger charge is 2.16. The first-order chi connectivity index (χ1) is 10.3. The maximum absolute atomic E-state index is 5.71. The molecular formula is C17H28N2O2. The van der Waals surface area contributed by atoms with Gasteiger partial charge in [-0.05, 0) is 30.7 Å². The molecule has 1 saturated heterocycles. The van der Waals surface area contributed by atoms with Crippen molar-refractivity contribution in [3.63, 3.8) is 0 Å². The van der Waals surface area contributed by atoms with Crippen molar-refractivity contribution in [1.29, 1.82) is 0 Å². The Labute approximate surface area is 128 Å². The van der Waals surface area contributed by atoms with Gasteiger partial charge in [0, 0.05) is 32.7 Å². The Morgan fingerprint density at radius 1 is 1.00 bits per heavy atom. The number of likely N-dealkylation sites (N-methyl/N-ethyl adjacent to an activating group) is 1. The molecule has 0 spiro atoms. The molecule has 1 heterocycles. The molecule has 1 fully saturated rings. The lowest BCUT2D eigenvalue weighted by Crippen LogP contribution is -2.45. The molecule has 1 aliphatic rings. The normalized spacial score (nSPS) is 16.9. The standard InChI is InChI=1S/C17H28N2O2/c1-4-12-21-16-7-6-15(13-17(16)20-3)14-19-10-8-18(5-2)9-11-19/h6-7,13H,4-5,8-12,14H2,1-3H3. The molecule has 0 amide bonds. The van der Waals surface area contributed by atoms with Gasteiger partial charge in [-0.3, -0.25) is 4.90 Å². The molecule has 2 rings (SSSR count). The van der Waals surface area contributed by atoms with E-state index >= 15 is 0 Å². The van der Waals surface area contributed by atoms with Crippen molar-refractivity contribution >= 4 is 0 Å². The van der Waals surface area contributed by atoms with Gasteiger partial charge in [0.05, 0.1) is 13.7 Å². The van der Waals surface area contributed by atoms with Crippen LogP contribution in [0.1, 0.15) is 25.8 Å². The van der Waals surface area contributed by atoms with E-state index in [1.165, 1.54) is 18.7 Å². The second kappa shape index (κ2) is 8.25. The molecule has 0 unspecified atom stereocenters. The van der Waals surface area contributed by atoms with Crippen LogP contribution >= 0.6 is 0 Å². The molecule has 21 heavy (non-hydrogen) atoms. The average molecular weight is 292 g/mol. The Morgan fingerprint density at radius 3 is 2.33 bits per heavy atom. The Balaban J connectivity index is 1.94. The monoisotopic (exact) mass is 292 g/mol. The number of benzene rings is 1. The topological polar surface area (TPSA) is 24.9 Å². The number of hydrogen-bond acceptors (Lipinski definition) is 4. The van der Waals surface area contributed by atoms with Crippen LogP contribution in [0.2, 0.25) is 0 Å². The zero-order valence-electron chi connectivity index (χ0n) is 13.6. The van der Waals surface area contributed by atoms with Crippen molar-refractivity contribution in [1.82, 2.24) is 9.80 Å². The summed E-state index contributed by atoms with van der Waals surface area (Å²) in [6.07, 6.45) is 1.01. The van der Waals surface area contributed by atoms with Crippen molar-refractivity contribution in [2.75, 3.05) is 46.4 Å². The van der Waals surface area contributed by atoms with Crippen LogP contribution in [0.25, 0.3) is 0 Å². The molecule has 0 bridgehead atoms. The van der Waals surface area contributed by atoms with Crippen LogP contribution in [-0.2, 0) is 6.54 Å². The van der Waals surface area contributed by atoms with Crippen LogP contribution in [0.4, 0.5) is 0 Å². The van der Waals surface area contributed by atoms with E-state index in [0.717, 1.165) is 50.7 Å². The predicted octanol–water partition coefficient (Wildman–Crippen LogP) is 2.62. The summed E-state index contributed by atoms with van der Waals surface area (Å²) in [5, 5.41) is 0. The minimum Gasteiger partial charge on any atom is -0.493 e. The predicted molar refractivity (Wildman–Crippen MR) is 86.2 cm³/mol. The average Bonchev–Trinajstić information content (AvgIpc) is 2.54. The van der Waals surface area contributed by atoms with E-state index < -0.39 is 0 Å². The molecular weight excluding hydrogens is 264 g/mol. The number of piperazine rings is 1. The van der Waals surface area contributed by atoms with Crippen LogP contribution < -0.4 is 9.47 Å². The lowest BCUT2D eigenvalue weighted by Gasteiger charge is -2.34. The second-order valence-corrected chi connectivity index (χ2v) is 5.54. The molecule has 1 aliphatic heterocycles. The summed E-state index contributed by atoms with van der Waals surface area (Å²) in [5.74, 6) is 1.69. The van der Waals surface area contributed by atoms with Crippen molar-refractivity contribution in [2.45, 2.75) is 26.8 Å². The van der Waals surface area contributed by atoms with Gasteiger partial charge in [0.15, 0.2) is 11.5 Å². The highest BCUT2D eigenvalue weighted by Crippen LogP contribution is 2.28. The van der Waals surface area contributed by atoms with Crippen molar-refractivity contribution in [3.05, 3.63) is 23.8 Å². The minimum absolute atomic E-state index is 0.731. The fraction of sp³-hybridized carbons (Fsp3) is 0.647. The smallest absolute Gasteiger partial charge is 0.161 e. The first kappa shape index (κ1) is 16.1. The van der Waals surface area contributed by atoms with Gasteiger partial charge in [-0.2, -0.15) is 0 Å². The summed E-state index contributed by atoms with van der Waals surface area (Å²) in [7, 11) is 1.71. The minimum atomic E-state index is 0.731. The molecule has 0 saturated carbocycles. The van der Waals surface area contributed by atoms with Gasteiger partial charge in [-0.15, -0.1) is 0 Å². The molecule has 118 valence electrons. The fourth-order valence-corrected chi connectivity index (χ4v) is 2.66. The Bertz CT molecular complexity index is 429. The van der Waals surface area contributed by atoms with E-state index in [9.17, 15) is 0 Å². The maximum Gasteiger partial charge on any atom is 0.161 e. The largest absolute Gasteiger partial charge is 0.493 e. The molecule has 0 atom stereocenters. The molecule has 0 aromatic heterocycles. The van der Waals surface area contributed by atoms with Gasteiger partial charge in [0.2, 0.25) is 0 Å². The number of methoxy groups -OCH3 is 1. The number of rotatable bonds is 7. The molecule has 1 aromatic rings. The van der Waals surface area contributed by atoms with E-state index in [1.807, 2.05) is 6.07 Å². The summed E-state index contributed by atoms with van der Waals surface area (Å²) >= 11 is 0. The zero-order valence-corrected chi connectivity index (χ0v) is 13.6. The van der Waals surface area contributed by atoms with E-state index in [1.54, 1.807) is 7.11 Å². The van der Waals surface area contributed by atoms with Gasteiger partial charge >= 0.3 is 0 Å². The molecule has 4 heteroatoms. The second-order valence-electron chi connectivity index (χ2n) is 5.54. The fourth-order valence-electron chi connectivity index (χ4n) is 2.66. The quantitative estimate of drug-likeness (QED) is 0.771. The first-order valence-electron chi connectivity index (χ1n) is 8.01. The summed E-state index contributed by atoms with van der Waals surface area (Å²) < 4.78 is 11.2. The van der Waals surface area contributed by atoms with Gasteiger partial charge in [0.1, 0.15) is 0 Å². The van der Waals surface area contributed by atoms with E-state index in [4.69, 9.17) is 9.47 Å². The lowest BCUT2D eigenvalue weighted by atomic mass is 10.1. The summed E-state index contributed by atoms with van der Waals surface area (Å²) in [4.78, 5) is 5.01. The number of nitrogens with zero attached hydrogens (tertiary/aromatic N) is 2.